The van der Waals surface area contributed by atoms with E-state index < -0.39 is 6.04 Å². The van der Waals surface area contributed by atoms with Crippen molar-refractivity contribution in [3.63, 3.8) is 0 Å². The quantitative estimate of drug-likeness (QED) is 0.909. The van der Waals surface area contributed by atoms with Crippen LogP contribution in [0.4, 0.5) is 0 Å². The monoisotopic (exact) mass is 318 g/mol. The predicted molar refractivity (Wildman–Crippen MR) is 80.0 cm³/mol. The molecule has 2 aromatic rings. The average Bonchev–Trinajstić information content (AvgIpc) is 3.08. The van der Waals surface area contributed by atoms with Crippen molar-refractivity contribution in [3.8, 4) is 0 Å². The normalized spacial score (nSPS) is 18.4. The summed E-state index contributed by atoms with van der Waals surface area (Å²) in [6.45, 7) is 5.04. The number of morpholine rings is 1. The minimum absolute atomic E-state index is 0.119. The molecule has 1 unspecified atom stereocenters. The lowest BCUT2D eigenvalue weighted by atomic mass is 10.1. The van der Waals surface area contributed by atoms with Gasteiger partial charge >= 0.3 is 0 Å². The molecule has 0 bridgehead atoms. The van der Waals surface area contributed by atoms with Gasteiger partial charge in [-0.05, 0) is 12.0 Å². The number of carbonyl (C=O) groups excluding carboxylic acids is 1. The molecule has 0 radical (unpaired) electrons. The highest BCUT2D eigenvalue weighted by molar-refractivity contribution is 5.94. The van der Waals surface area contributed by atoms with Gasteiger partial charge < -0.3 is 19.1 Å². The number of amides is 1. The number of H-pyrrole nitrogens is 1. The smallest absolute Gasteiger partial charge is 0.254 e. The molecule has 1 N–H and O–H groups in total. The van der Waals surface area contributed by atoms with Crippen molar-refractivity contribution in [1.82, 2.24) is 20.0 Å². The van der Waals surface area contributed by atoms with Crippen molar-refractivity contribution in [2.45, 2.75) is 25.8 Å². The van der Waals surface area contributed by atoms with E-state index in [0.717, 1.165) is 5.69 Å². The minimum atomic E-state index is -0.420. The van der Waals surface area contributed by atoms with Gasteiger partial charge in [0.25, 0.3) is 5.91 Å². The molecule has 1 fully saturated rings. The Morgan fingerprint density at radius 2 is 2.26 bits per heavy atom. The maximum absolute atomic E-state index is 12.9. The minimum Gasteiger partial charge on any atom is -0.377 e. The second-order valence-electron chi connectivity index (χ2n) is 5.72. The van der Waals surface area contributed by atoms with Gasteiger partial charge in [0.1, 0.15) is 6.04 Å². The van der Waals surface area contributed by atoms with Crippen LogP contribution in [0.2, 0.25) is 0 Å². The molecule has 3 rings (SSSR count). The fourth-order valence-corrected chi connectivity index (χ4v) is 2.55. The Balaban J connectivity index is 1.93. The van der Waals surface area contributed by atoms with Gasteiger partial charge in [0.05, 0.1) is 13.2 Å². The zero-order valence-electron chi connectivity index (χ0n) is 13.0. The van der Waals surface area contributed by atoms with Crippen LogP contribution in [0.25, 0.3) is 0 Å². The van der Waals surface area contributed by atoms with Gasteiger partial charge in [-0.2, -0.15) is 4.98 Å². The van der Waals surface area contributed by atoms with E-state index in [-0.39, 0.29) is 17.4 Å². The molecular weight excluding hydrogens is 300 g/mol. The van der Waals surface area contributed by atoms with Gasteiger partial charge in [0.15, 0.2) is 5.82 Å². The van der Waals surface area contributed by atoms with Gasteiger partial charge in [0, 0.05) is 23.9 Å². The Hall–Kier alpha value is -2.48. The Morgan fingerprint density at radius 1 is 1.43 bits per heavy atom. The van der Waals surface area contributed by atoms with Crippen LogP contribution in [-0.2, 0) is 4.74 Å². The molecule has 1 aliphatic rings. The highest BCUT2D eigenvalue weighted by atomic mass is 16.5. The first kappa shape index (κ1) is 15.4. The number of pyridine rings is 1. The number of aromatic amines is 1. The van der Waals surface area contributed by atoms with Gasteiger partial charge in [-0.1, -0.05) is 19.0 Å². The molecule has 2 aromatic heterocycles. The number of ether oxygens (including phenoxy) is 1. The van der Waals surface area contributed by atoms with Crippen molar-refractivity contribution < 1.29 is 14.1 Å². The maximum Gasteiger partial charge on any atom is 0.254 e. The summed E-state index contributed by atoms with van der Waals surface area (Å²) in [4.78, 5) is 33.1. The van der Waals surface area contributed by atoms with Crippen LogP contribution in [0.15, 0.2) is 27.8 Å². The fourth-order valence-electron chi connectivity index (χ4n) is 2.55. The summed E-state index contributed by atoms with van der Waals surface area (Å²) in [5, 5.41) is 3.80. The third-order valence-electron chi connectivity index (χ3n) is 3.80. The summed E-state index contributed by atoms with van der Waals surface area (Å²) in [7, 11) is 0. The lowest BCUT2D eigenvalue weighted by Gasteiger charge is -2.33. The molecule has 1 atom stereocenters. The van der Waals surface area contributed by atoms with Crippen molar-refractivity contribution >= 4 is 5.91 Å². The molecule has 8 heteroatoms. The molecule has 8 nitrogen and oxygen atoms in total. The summed E-state index contributed by atoms with van der Waals surface area (Å²) in [6, 6.07) is 2.62. The fraction of sp³-hybridized carbons (Fsp3) is 0.467. The van der Waals surface area contributed by atoms with Crippen LogP contribution in [0.3, 0.4) is 0 Å². The third-order valence-corrected chi connectivity index (χ3v) is 3.80. The molecule has 0 aromatic carbocycles. The van der Waals surface area contributed by atoms with Gasteiger partial charge in [-0.3, -0.25) is 9.59 Å². The Bertz CT molecular complexity index is 738. The average molecular weight is 318 g/mol. The van der Waals surface area contributed by atoms with Gasteiger partial charge in [0.2, 0.25) is 12.0 Å². The standard InChI is InChI=1S/C15H18N4O4/c1-9(2)11-5-10(6-13(20)17-11)15(21)19-3-4-22-7-12(19)14-16-8-23-18-14/h5-6,8-9,12H,3-4,7H2,1-2H3,(H,17,20). The Labute approximate surface area is 132 Å². The SMILES string of the molecule is CC(C)c1cc(C(=O)N2CCOCC2c2ncon2)cc(=O)[nH]1. The van der Waals surface area contributed by atoms with Crippen LogP contribution in [0.5, 0.6) is 0 Å². The molecule has 1 amide bonds. The van der Waals surface area contributed by atoms with Crippen LogP contribution < -0.4 is 5.56 Å². The molecule has 1 aliphatic heterocycles. The molecule has 0 aliphatic carbocycles. The number of nitrogens with zero attached hydrogens (tertiary/aromatic N) is 3. The van der Waals surface area contributed by atoms with Crippen LogP contribution in [-0.4, -0.2) is 45.7 Å². The highest BCUT2D eigenvalue weighted by Gasteiger charge is 2.32. The predicted octanol–water partition coefficient (Wildman–Crippen LogP) is 1.09. The van der Waals surface area contributed by atoms with Crippen molar-refractivity contribution in [2.75, 3.05) is 19.8 Å². The lowest BCUT2D eigenvalue weighted by molar-refractivity contribution is -0.00578. The Morgan fingerprint density at radius 3 is 2.96 bits per heavy atom. The summed E-state index contributed by atoms with van der Waals surface area (Å²) >= 11 is 0. The molecule has 3 heterocycles. The van der Waals surface area contributed by atoms with Gasteiger partial charge in [-0.25, -0.2) is 0 Å². The van der Waals surface area contributed by atoms with E-state index in [1.165, 1.54) is 12.5 Å². The molecule has 1 saturated heterocycles. The van der Waals surface area contributed by atoms with E-state index in [2.05, 4.69) is 15.1 Å². The van der Waals surface area contributed by atoms with Gasteiger partial charge in [-0.15, -0.1) is 0 Å². The first-order chi connectivity index (χ1) is 11.1. The Kier molecular flexibility index (Phi) is 4.24. The van der Waals surface area contributed by atoms with Crippen LogP contribution in [0, 0.1) is 0 Å². The summed E-state index contributed by atoms with van der Waals surface area (Å²) in [5.41, 5.74) is 0.794. The number of carbonyl (C=O) groups is 1. The van der Waals surface area contributed by atoms with Crippen molar-refractivity contribution in [3.05, 3.63) is 46.0 Å². The zero-order valence-corrected chi connectivity index (χ0v) is 13.0. The number of rotatable bonds is 3. The summed E-state index contributed by atoms with van der Waals surface area (Å²) in [5.74, 6) is 0.274. The van der Waals surface area contributed by atoms with E-state index in [9.17, 15) is 9.59 Å². The van der Waals surface area contributed by atoms with E-state index in [1.54, 1.807) is 11.0 Å². The number of hydrogen-bond acceptors (Lipinski definition) is 6. The number of hydrogen-bond donors (Lipinski definition) is 1. The van der Waals surface area contributed by atoms with E-state index >= 15 is 0 Å². The number of nitrogens with one attached hydrogen (secondary N) is 1. The maximum atomic E-state index is 12.9. The largest absolute Gasteiger partial charge is 0.377 e. The molecule has 122 valence electrons. The zero-order chi connectivity index (χ0) is 16.4. The highest BCUT2D eigenvalue weighted by Crippen LogP contribution is 2.23. The third kappa shape index (κ3) is 3.16. The second-order valence-corrected chi connectivity index (χ2v) is 5.72. The topological polar surface area (TPSA) is 101 Å². The molecule has 0 spiro atoms. The van der Waals surface area contributed by atoms with E-state index in [4.69, 9.17) is 9.26 Å². The van der Waals surface area contributed by atoms with E-state index in [1.807, 2.05) is 13.8 Å². The first-order valence-electron chi connectivity index (χ1n) is 7.45. The van der Waals surface area contributed by atoms with Crippen molar-refractivity contribution in [2.24, 2.45) is 0 Å². The molecular formula is C15H18N4O4. The summed E-state index contributed by atoms with van der Waals surface area (Å²) in [6.07, 6.45) is 1.22. The van der Waals surface area contributed by atoms with E-state index in [0.29, 0.717) is 31.1 Å². The number of aromatic nitrogens is 3. The summed E-state index contributed by atoms with van der Waals surface area (Å²) < 4.78 is 10.2. The van der Waals surface area contributed by atoms with Crippen LogP contribution in [0.1, 0.15) is 47.7 Å². The second kappa shape index (κ2) is 6.33. The molecule has 0 saturated carbocycles. The first-order valence-corrected chi connectivity index (χ1v) is 7.45. The molecule has 23 heavy (non-hydrogen) atoms. The lowest BCUT2D eigenvalue weighted by Crippen LogP contribution is -2.44. The van der Waals surface area contributed by atoms with Crippen molar-refractivity contribution in [1.29, 1.82) is 0 Å². The van der Waals surface area contributed by atoms with Crippen LogP contribution >= 0.6 is 0 Å².